The van der Waals surface area contributed by atoms with Crippen LogP contribution < -0.4 is 10.5 Å². The lowest BCUT2D eigenvalue weighted by Gasteiger charge is -2.07. The Morgan fingerprint density at radius 3 is 3.20 bits per heavy atom. The topological polar surface area (TPSA) is 35.2 Å². The van der Waals surface area contributed by atoms with Crippen LogP contribution in [0.1, 0.15) is 23.4 Å². The van der Waals surface area contributed by atoms with Gasteiger partial charge in [-0.2, -0.15) is 0 Å². The smallest absolute Gasteiger partial charge is 0.119 e. The molecule has 0 spiro atoms. The molecule has 0 aliphatic carbocycles. The fourth-order valence-electron chi connectivity index (χ4n) is 1.11. The van der Waals surface area contributed by atoms with Gasteiger partial charge >= 0.3 is 0 Å². The second-order valence-electron chi connectivity index (χ2n) is 2.58. The van der Waals surface area contributed by atoms with E-state index >= 15 is 0 Å². The van der Waals surface area contributed by atoms with Crippen molar-refractivity contribution in [2.75, 3.05) is 13.5 Å². The Kier molecular flexibility index (Phi) is 0.798. The minimum absolute atomic E-state index is 0.572. The summed E-state index contributed by atoms with van der Waals surface area (Å²) in [5, 5.41) is -1.25. The molecule has 0 radical (unpaired) electrons. The molecular formula is C13H15NO. The molecular weight excluding hydrogens is 186 g/mol. The van der Waals surface area contributed by atoms with Gasteiger partial charge in [-0.3, -0.25) is 0 Å². The first-order valence-electron chi connectivity index (χ1n) is 10.4. The zero-order valence-electron chi connectivity index (χ0n) is 20.5. The number of fused-ring (bicyclic) bond motifs is 1. The Labute approximate surface area is 108 Å². The highest BCUT2D eigenvalue weighted by molar-refractivity contribution is 5.87. The summed E-state index contributed by atoms with van der Waals surface area (Å²) in [6.45, 7) is -3.09. The molecule has 2 aromatic rings. The highest BCUT2D eigenvalue weighted by Crippen LogP contribution is 2.24. The first-order valence-corrected chi connectivity index (χ1v) is 3.95. The van der Waals surface area contributed by atoms with E-state index in [9.17, 15) is 0 Å². The van der Waals surface area contributed by atoms with E-state index in [2.05, 4.69) is 4.74 Å². The third-order valence-electron chi connectivity index (χ3n) is 1.71. The van der Waals surface area contributed by atoms with Crippen molar-refractivity contribution >= 4 is 10.8 Å². The molecule has 2 aromatic carbocycles. The third-order valence-corrected chi connectivity index (χ3v) is 1.71. The van der Waals surface area contributed by atoms with E-state index in [1.54, 1.807) is 0 Å². The first kappa shape index (κ1) is 2.77. The summed E-state index contributed by atoms with van der Waals surface area (Å²) in [5.74, 6) is -0.913. The van der Waals surface area contributed by atoms with Crippen molar-refractivity contribution in [1.29, 1.82) is 0 Å². The average Bonchev–Trinajstić information content (AvgIpc) is 2.52. The zero-order valence-corrected chi connectivity index (χ0v) is 7.49. The first-order chi connectivity index (χ1) is 12.4. The summed E-state index contributed by atoms with van der Waals surface area (Å²) >= 11 is 0. The van der Waals surface area contributed by atoms with Crippen molar-refractivity contribution in [2.45, 2.75) is 6.37 Å². The summed E-state index contributed by atoms with van der Waals surface area (Å²) in [4.78, 5) is 0. The maximum absolute atomic E-state index is 8.21. The Bertz CT molecular complexity index is 961. The van der Waals surface area contributed by atoms with Gasteiger partial charge in [0.25, 0.3) is 0 Å². The number of nitrogens with two attached hydrogens (primary N) is 1. The highest BCUT2D eigenvalue weighted by Gasteiger charge is 2.01. The van der Waals surface area contributed by atoms with Crippen molar-refractivity contribution in [3.05, 3.63) is 41.8 Å². The number of ether oxygens (including phenoxy) is 1. The monoisotopic (exact) mass is 214 g/mol. The molecule has 0 aliphatic rings. The predicted octanol–water partition coefficient (Wildman–Crippen LogP) is 2.35. The molecule has 78 valence electrons. The second-order valence-corrected chi connectivity index (χ2v) is 2.58. The Morgan fingerprint density at radius 1 is 1.47 bits per heavy atom. The normalized spacial score (nSPS) is 25.8. The lowest BCUT2D eigenvalue weighted by atomic mass is 10.0. The van der Waals surface area contributed by atoms with Crippen molar-refractivity contribution in [3.63, 3.8) is 0 Å². The Morgan fingerprint density at radius 2 is 2.40 bits per heavy atom. The van der Waals surface area contributed by atoms with E-state index in [1.807, 2.05) is 0 Å². The number of benzene rings is 2. The Hall–Kier alpha value is -1.54. The maximum atomic E-state index is 8.21. The quantitative estimate of drug-likeness (QED) is 0.851. The molecule has 2 rings (SSSR count). The van der Waals surface area contributed by atoms with E-state index in [0.717, 1.165) is 0 Å². The molecule has 15 heavy (non-hydrogen) atoms. The zero-order chi connectivity index (χ0) is 22.0. The molecule has 0 unspecified atom stereocenters. The van der Waals surface area contributed by atoms with Crippen molar-refractivity contribution in [1.82, 2.24) is 0 Å². The summed E-state index contributed by atoms with van der Waals surface area (Å²) < 4.78 is 105. The van der Waals surface area contributed by atoms with Crippen LogP contribution >= 0.6 is 0 Å². The van der Waals surface area contributed by atoms with Gasteiger partial charge in [0.05, 0.1) is 19.4 Å². The lowest BCUT2D eigenvalue weighted by Crippen LogP contribution is -2.03. The second kappa shape index (κ2) is 4.32. The largest absolute Gasteiger partial charge is 0.497 e. The summed E-state index contributed by atoms with van der Waals surface area (Å²) in [5.41, 5.74) is 4.35. The van der Waals surface area contributed by atoms with Gasteiger partial charge in [-0.25, -0.2) is 0 Å². The van der Waals surface area contributed by atoms with Gasteiger partial charge in [0.2, 0.25) is 0 Å². The number of hydrogen-bond donors (Lipinski definition) is 1. The van der Waals surface area contributed by atoms with Gasteiger partial charge in [0.1, 0.15) is 5.75 Å². The molecule has 0 aromatic heterocycles. The number of rotatable bonds is 3. The third kappa shape index (κ3) is 1.95. The van der Waals surface area contributed by atoms with Crippen molar-refractivity contribution in [3.8, 4) is 5.75 Å². The van der Waals surface area contributed by atoms with Crippen LogP contribution in [0.3, 0.4) is 0 Å². The molecule has 0 fully saturated rings. The Balaban J connectivity index is 3.19. The summed E-state index contributed by atoms with van der Waals surface area (Å²) in [7, 11) is -3.11. The SMILES string of the molecule is [2H]c1c([2H])c(C([2H])([2H])C([2H])([2H])N)c2c([2H])c(OC([2H])([2H])[2H])c([2H])c([2H])c2c1[2H]. The average molecular weight is 214 g/mol. The molecule has 0 heterocycles. The van der Waals surface area contributed by atoms with Crippen LogP contribution in [0.4, 0.5) is 0 Å². The van der Waals surface area contributed by atoms with Crippen molar-refractivity contribution in [2.24, 2.45) is 5.73 Å². The van der Waals surface area contributed by atoms with Gasteiger partial charge in [0.15, 0.2) is 0 Å². The molecule has 0 aliphatic heterocycles. The molecule has 2 N–H and O–H groups in total. The molecule has 0 atom stereocenters. The van der Waals surface area contributed by atoms with Crippen LogP contribution in [0, 0.1) is 0 Å². The van der Waals surface area contributed by atoms with Crippen LogP contribution in [0.25, 0.3) is 10.8 Å². The molecule has 2 nitrogen and oxygen atoms in total. The van der Waals surface area contributed by atoms with Crippen LogP contribution in [-0.2, 0) is 6.37 Å². The summed E-state index contributed by atoms with van der Waals surface area (Å²) in [6.07, 6.45) is -3.16. The minimum atomic E-state index is -3.16. The standard InChI is InChI=1S/C13H15NO/c1-15-12-6-5-10-3-2-4-11(7-8-14)13(10)9-12/h2-6,9H,7-8,14H2,1H3/i1D3,2D,3D,4D,5D,6D,7D2,8D2,9D. The molecule has 0 saturated carbocycles. The maximum Gasteiger partial charge on any atom is 0.119 e. The van der Waals surface area contributed by atoms with E-state index in [0.29, 0.717) is 0 Å². The fraction of sp³-hybridized carbons (Fsp3) is 0.231. The predicted molar refractivity (Wildman–Crippen MR) is 63.3 cm³/mol. The van der Waals surface area contributed by atoms with Gasteiger partial charge in [0, 0.05) is 5.48 Å². The van der Waals surface area contributed by atoms with Gasteiger partial charge in [-0.1, -0.05) is 24.2 Å². The van der Waals surface area contributed by atoms with Crippen LogP contribution in [0.2, 0.25) is 0 Å². The molecule has 2 heteroatoms. The fourth-order valence-corrected chi connectivity index (χ4v) is 1.11. The van der Waals surface area contributed by atoms with Gasteiger partial charge in [-0.15, -0.1) is 0 Å². The highest BCUT2D eigenvalue weighted by atomic mass is 16.5. The number of methoxy groups -OCH3 is 1. The van der Waals surface area contributed by atoms with E-state index < -0.39 is 78.2 Å². The van der Waals surface area contributed by atoms with Crippen LogP contribution in [-0.4, -0.2) is 13.5 Å². The van der Waals surface area contributed by atoms with Crippen LogP contribution in [0.5, 0.6) is 5.75 Å². The molecule has 0 amide bonds. The van der Waals surface area contributed by atoms with E-state index in [1.165, 1.54) is 0 Å². The van der Waals surface area contributed by atoms with E-state index in [4.69, 9.17) is 23.6 Å². The molecule has 0 bridgehead atoms. The molecule has 0 saturated heterocycles. The van der Waals surface area contributed by atoms with E-state index in [-0.39, 0.29) is 0 Å². The van der Waals surface area contributed by atoms with Crippen molar-refractivity contribution < 1.29 is 22.6 Å². The minimum Gasteiger partial charge on any atom is -0.497 e. The lowest BCUT2D eigenvalue weighted by molar-refractivity contribution is 0.415. The number of hydrogen-bond acceptors (Lipinski definition) is 2. The van der Waals surface area contributed by atoms with Gasteiger partial charge in [-0.05, 0) is 41.3 Å². The summed E-state index contributed by atoms with van der Waals surface area (Å²) in [6, 6.07) is -5.17. The van der Waals surface area contributed by atoms with Crippen LogP contribution in [0.15, 0.2) is 36.3 Å². The number of aryl methyl sites for hydroxylation is 1. The van der Waals surface area contributed by atoms with Gasteiger partial charge < -0.3 is 10.5 Å².